The molecule has 3 nitrogen and oxygen atoms in total. The summed E-state index contributed by atoms with van der Waals surface area (Å²) in [4.78, 5) is 0. The van der Waals surface area contributed by atoms with E-state index in [0.717, 1.165) is 24.8 Å². The van der Waals surface area contributed by atoms with E-state index in [9.17, 15) is 0 Å². The van der Waals surface area contributed by atoms with Crippen molar-refractivity contribution in [1.29, 1.82) is 0 Å². The SMILES string of the molecule is CCCn1cc(C(N)C2CCC(C(C)C)CC2)cn1. The van der Waals surface area contributed by atoms with Crippen LogP contribution < -0.4 is 5.73 Å². The second-order valence-electron chi connectivity index (χ2n) is 6.48. The maximum absolute atomic E-state index is 6.45. The molecular formula is C16H29N3. The van der Waals surface area contributed by atoms with E-state index in [1.807, 2.05) is 10.9 Å². The van der Waals surface area contributed by atoms with Crippen molar-refractivity contribution in [2.45, 2.75) is 65.5 Å². The molecule has 108 valence electrons. The van der Waals surface area contributed by atoms with Crippen LogP contribution in [0.15, 0.2) is 12.4 Å². The first-order valence-corrected chi connectivity index (χ1v) is 7.89. The highest BCUT2D eigenvalue weighted by molar-refractivity contribution is 5.11. The molecule has 0 amide bonds. The average molecular weight is 263 g/mol. The van der Waals surface area contributed by atoms with E-state index in [1.54, 1.807) is 0 Å². The van der Waals surface area contributed by atoms with Gasteiger partial charge in [0.25, 0.3) is 0 Å². The van der Waals surface area contributed by atoms with Crippen molar-refractivity contribution >= 4 is 0 Å². The zero-order valence-corrected chi connectivity index (χ0v) is 12.7. The van der Waals surface area contributed by atoms with Gasteiger partial charge in [-0.25, -0.2) is 0 Å². The van der Waals surface area contributed by atoms with Gasteiger partial charge in [-0.15, -0.1) is 0 Å². The van der Waals surface area contributed by atoms with E-state index >= 15 is 0 Å². The van der Waals surface area contributed by atoms with Gasteiger partial charge in [0, 0.05) is 24.3 Å². The molecule has 1 aromatic rings. The van der Waals surface area contributed by atoms with Gasteiger partial charge >= 0.3 is 0 Å². The Morgan fingerprint density at radius 1 is 1.26 bits per heavy atom. The lowest BCUT2D eigenvalue weighted by Crippen LogP contribution is -2.27. The summed E-state index contributed by atoms with van der Waals surface area (Å²) >= 11 is 0. The summed E-state index contributed by atoms with van der Waals surface area (Å²) in [5.41, 5.74) is 7.67. The third kappa shape index (κ3) is 3.59. The molecule has 19 heavy (non-hydrogen) atoms. The number of nitrogens with two attached hydrogens (primary N) is 1. The molecule has 0 radical (unpaired) electrons. The Morgan fingerprint density at radius 3 is 2.47 bits per heavy atom. The van der Waals surface area contributed by atoms with Gasteiger partial charge in [0.1, 0.15) is 0 Å². The molecule has 1 aliphatic rings. The van der Waals surface area contributed by atoms with Gasteiger partial charge in [-0.2, -0.15) is 5.10 Å². The molecule has 2 rings (SSSR count). The van der Waals surface area contributed by atoms with E-state index in [1.165, 1.54) is 31.2 Å². The smallest absolute Gasteiger partial charge is 0.0537 e. The quantitative estimate of drug-likeness (QED) is 0.879. The normalized spacial score (nSPS) is 25.7. The first-order valence-electron chi connectivity index (χ1n) is 7.89. The lowest BCUT2D eigenvalue weighted by molar-refractivity contribution is 0.203. The first-order chi connectivity index (χ1) is 9.11. The maximum Gasteiger partial charge on any atom is 0.0537 e. The molecular weight excluding hydrogens is 234 g/mol. The molecule has 1 aromatic heterocycles. The van der Waals surface area contributed by atoms with E-state index < -0.39 is 0 Å². The highest BCUT2D eigenvalue weighted by atomic mass is 15.3. The molecule has 1 heterocycles. The number of hydrogen-bond acceptors (Lipinski definition) is 2. The predicted octanol–water partition coefficient (Wildman–Crippen LogP) is 3.76. The first kappa shape index (κ1) is 14.6. The van der Waals surface area contributed by atoms with Crippen molar-refractivity contribution in [2.75, 3.05) is 0 Å². The van der Waals surface area contributed by atoms with Crippen molar-refractivity contribution in [3.8, 4) is 0 Å². The Kier molecular flexibility index (Phi) is 5.03. The zero-order valence-electron chi connectivity index (χ0n) is 12.7. The third-order valence-electron chi connectivity index (χ3n) is 4.76. The van der Waals surface area contributed by atoms with Crippen molar-refractivity contribution < 1.29 is 0 Å². The Morgan fingerprint density at radius 2 is 1.89 bits per heavy atom. The largest absolute Gasteiger partial charge is 0.324 e. The molecule has 1 unspecified atom stereocenters. The number of hydrogen-bond donors (Lipinski definition) is 1. The van der Waals surface area contributed by atoms with Crippen LogP contribution in [0.1, 0.15) is 64.5 Å². The molecule has 1 atom stereocenters. The fraction of sp³-hybridized carbons (Fsp3) is 0.812. The van der Waals surface area contributed by atoms with Crippen molar-refractivity contribution in [1.82, 2.24) is 9.78 Å². The van der Waals surface area contributed by atoms with E-state index in [4.69, 9.17) is 5.73 Å². The van der Waals surface area contributed by atoms with Gasteiger partial charge in [0.2, 0.25) is 0 Å². The minimum absolute atomic E-state index is 0.179. The highest BCUT2D eigenvalue weighted by Gasteiger charge is 2.28. The number of aryl methyl sites for hydroxylation is 1. The van der Waals surface area contributed by atoms with E-state index in [-0.39, 0.29) is 6.04 Å². The van der Waals surface area contributed by atoms with Crippen LogP contribution >= 0.6 is 0 Å². The van der Waals surface area contributed by atoms with Crippen LogP contribution in [0.5, 0.6) is 0 Å². The van der Waals surface area contributed by atoms with E-state index in [0.29, 0.717) is 5.92 Å². The number of aromatic nitrogens is 2. The predicted molar refractivity (Wildman–Crippen MR) is 79.7 cm³/mol. The van der Waals surface area contributed by atoms with Crippen LogP contribution in [-0.2, 0) is 6.54 Å². The number of nitrogens with zero attached hydrogens (tertiary/aromatic N) is 2. The van der Waals surface area contributed by atoms with Gasteiger partial charge in [0.05, 0.1) is 6.20 Å². The van der Waals surface area contributed by atoms with Gasteiger partial charge < -0.3 is 5.73 Å². The fourth-order valence-electron chi connectivity index (χ4n) is 3.35. The zero-order chi connectivity index (χ0) is 13.8. The number of rotatable bonds is 5. The lowest BCUT2D eigenvalue weighted by Gasteiger charge is -2.33. The monoisotopic (exact) mass is 263 g/mol. The van der Waals surface area contributed by atoms with Crippen LogP contribution in [0.3, 0.4) is 0 Å². The molecule has 0 bridgehead atoms. The molecule has 0 aliphatic heterocycles. The van der Waals surface area contributed by atoms with Gasteiger partial charge in [-0.1, -0.05) is 20.8 Å². The molecule has 3 heteroatoms. The molecule has 0 saturated heterocycles. The average Bonchev–Trinajstić information content (AvgIpc) is 2.87. The summed E-state index contributed by atoms with van der Waals surface area (Å²) in [5, 5.41) is 4.40. The third-order valence-corrected chi connectivity index (χ3v) is 4.76. The van der Waals surface area contributed by atoms with Crippen LogP contribution in [0.2, 0.25) is 0 Å². The Hall–Kier alpha value is -0.830. The summed E-state index contributed by atoms with van der Waals surface area (Å²) in [6.45, 7) is 7.86. The standard InChI is InChI=1S/C16H29N3/c1-4-9-19-11-15(10-18-19)16(17)14-7-5-13(6-8-14)12(2)3/h10-14,16H,4-9,17H2,1-3H3. The fourth-order valence-corrected chi connectivity index (χ4v) is 3.35. The summed E-state index contributed by atoms with van der Waals surface area (Å²) in [7, 11) is 0. The minimum atomic E-state index is 0.179. The van der Waals surface area contributed by atoms with Crippen LogP contribution in [0.25, 0.3) is 0 Å². The van der Waals surface area contributed by atoms with Crippen LogP contribution in [-0.4, -0.2) is 9.78 Å². The van der Waals surface area contributed by atoms with Gasteiger partial charge in [-0.3, -0.25) is 4.68 Å². The second-order valence-corrected chi connectivity index (χ2v) is 6.48. The van der Waals surface area contributed by atoms with Gasteiger partial charge in [-0.05, 0) is 49.9 Å². The lowest BCUT2D eigenvalue weighted by atomic mass is 9.74. The molecule has 1 saturated carbocycles. The Balaban J connectivity index is 1.91. The summed E-state index contributed by atoms with van der Waals surface area (Å²) < 4.78 is 2.02. The van der Waals surface area contributed by atoms with Crippen molar-refractivity contribution in [3.05, 3.63) is 18.0 Å². The molecule has 2 N–H and O–H groups in total. The second kappa shape index (κ2) is 6.56. The molecule has 0 aromatic carbocycles. The Bertz CT molecular complexity index is 375. The molecule has 1 fully saturated rings. The minimum Gasteiger partial charge on any atom is -0.324 e. The summed E-state index contributed by atoms with van der Waals surface area (Å²) in [6.07, 6.45) is 10.5. The molecule has 0 spiro atoms. The summed E-state index contributed by atoms with van der Waals surface area (Å²) in [5.74, 6) is 2.38. The van der Waals surface area contributed by atoms with Gasteiger partial charge in [0.15, 0.2) is 0 Å². The van der Waals surface area contributed by atoms with Crippen molar-refractivity contribution in [2.24, 2.45) is 23.5 Å². The summed E-state index contributed by atoms with van der Waals surface area (Å²) in [6, 6.07) is 0.179. The van der Waals surface area contributed by atoms with Crippen LogP contribution in [0.4, 0.5) is 0 Å². The highest BCUT2D eigenvalue weighted by Crippen LogP contribution is 2.38. The Labute approximate surface area is 117 Å². The van der Waals surface area contributed by atoms with E-state index in [2.05, 4.69) is 32.1 Å². The van der Waals surface area contributed by atoms with Crippen LogP contribution in [0, 0.1) is 17.8 Å². The topological polar surface area (TPSA) is 43.8 Å². The molecule has 1 aliphatic carbocycles. The maximum atomic E-state index is 6.45. The van der Waals surface area contributed by atoms with Crippen molar-refractivity contribution in [3.63, 3.8) is 0 Å².